The van der Waals surface area contributed by atoms with Crippen LogP contribution in [0.3, 0.4) is 0 Å². The van der Waals surface area contributed by atoms with Crippen LogP contribution >= 0.6 is 23.1 Å². The molecular formula is C23H21N5OS2. The molecule has 3 aromatic heterocycles. The van der Waals surface area contributed by atoms with Gasteiger partial charge in [0.2, 0.25) is 5.91 Å². The van der Waals surface area contributed by atoms with Gasteiger partial charge in [-0.2, -0.15) is 0 Å². The monoisotopic (exact) mass is 447 g/mol. The first-order valence-electron chi connectivity index (χ1n) is 10.2. The van der Waals surface area contributed by atoms with E-state index in [4.69, 9.17) is 0 Å². The summed E-state index contributed by atoms with van der Waals surface area (Å²) in [5, 5.41) is 14.8. The SMILES string of the molecule is O=C(CSc1nnc(-c2ccncc2)n1C1CC1)N[C@H](c1ccccc1)c1cccs1. The van der Waals surface area contributed by atoms with Gasteiger partial charge in [0.1, 0.15) is 0 Å². The summed E-state index contributed by atoms with van der Waals surface area (Å²) in [6, 6.07) is 18.3. The second-order valence-electron chi connectivity index (χ2n) is 7.36. The molecule has 1 saturated carbocycles. The predicted molar refractivity (Wildman–Crippen MR) is 123 cm³/mol. The summed E-state index contributed by atoms with van der Waals surface area (Å²) in [5.41, 5.74) is 2.07. The molecule has 1 aliphatic rings. The second kappa shape index (κ2) is 9.03. The third-order valence-electron chi connectivity index (χ3n) is 5.11. The first kappa shape index (κ1) is 20.0. The van der Waals surface area contributed by atoms with E-state index in [0.717, 1.165) is 39.8 Å². The Labute approximate surface area is 188 Å². The van der Waals surface area contributed by atoms with Crippen molar-refractivity contribution in [1.82, 2.24) is 25.1 Å². The van der Waals surface area contributed by atoms with Crippen LogP contribution in [0.1, 0.15) is 35.4 Å². The Hall–Kier alpha value is -2.97. The van der Waals surface area contributed by atoms with E-state index in [0.29, 0.717) is 6.04 Å². The molecule has 0 saturated heterocycles. The molecule has 31 heavy (non-hydrogen) atoms. The van der Waals surface area contributed by atoms with Gasteiger partial charge in [-0.15, -0.1) is 21.5 Å². The van der Waals surface area contributed by atoms with Crippen LogP contribution in [0.25, 0.3) is 11.4 Å². The maximum Gasteiger partial charge on any atom is 0.231 e. The largest absolute Gasteiger partial charge is 0.344 e. The number of aromatic nitrogens is 4. The van der Waals surface area contributed by atoms with Gasteiger partial charge in [0.05, 0.1) is 11.8 Å². The smallest absolute Gasteiger partial charge is 0.231 e. The average Bonchev–Trinajstić information content (AvgIpc) is 3.33. The van der Waals surface area contributed by atoms with Crippen molar-refractivity contribution in [3.63, 3.8) is 0 Å². The maximum absolute atomic E-state index is 12.9. The summed E-state index contributed by atoms with van der Waals surface area (Å²) >= 11 is 3.08. The lowest BCUT2D eigenvalue weighted by atomic mass is 10.1. The number of amides is 1. The van der Waals surface area contributed by atoms with E-state index < -0.39 is 0 Å². The van der Waals surface area contributed by atoms with E-state index in [1.807, 2.05) is 53.9 Å². The van der Waals surface area contributed by atoms with Crippen molar-refractivity contribution >= 4 is 29.0 Å². The van der Waals surface area contributed by atoms with E-state index in [-0.39, 0.29) is 17.7 Å². The Morgan fingerprint density at radius 2 is 1.90 bits per heavy atom. The van der Waals surface area contributed by atoms with Crippen molar-refractivity contribution in [1.29, 1.82) is 0 Å². The van der Waals surface area contributed by atoms with E-state index >= 15 is 0 Å². The molecule has 0 bridgehead atoms. The van der Waals surface area contributed by atoms with E-state index in [1.54, 1.807) is 23.7 Å². The lowest BCUT2D eigenvalue weighted by molar-refractivity contribution is -0.119. The molecule has 1 aromatic carbocycles. The van der Waals surface area contributed by atoms with Crippen LogP contribution in [-0.2, 0) is 4.79 Å². The van der Waals surface area contributed by atoms with Crippen molar-refractivity contribution in [3.05, 3.63) is 82.8 Å². The molecule has 1 fully saturated rings. The minimum Gasteiger partial charge on any atom is -0.344 e. The molecule has 0 aliphatic heterocycles. The molecule has 1 N–H and O–H groups in total. The number of nitrogens with zero attached hydrogens (tertiary/aromatic N) is 4. The molecule has 0 unspecified atom stereocenters. The number of thioether (sulfide) groups is 1. The van der Waals surface area contributed by atoms with Crippen LogP contribution in [0.15, 0.2) is 77.5 Å². The molecule has 4 aromatic rings. The molecule has 156 valence electrons. The summed E-state index contributed by atoms with van der Waals surface area (Å²) in [6.45, 7) is 0. The number of rotatable bonds is 8. The average molecular weight is 448 g/mol. The van der Waals surface area contributed by atoms with Crippen molar-refractivity contribution in [2.24, 2.45) is 0 Å². The quantitative estimate of drug-likeness (QED) is 0.395. The number of hydrogen-bond donors (Lipinski definition) is 1. The number of pyridine rings is 1. The fourth-order valence-corrected chi connectivity index (χ4v) is 5.11. The molecule has 0 spiro atoms. The molecule has 8 heteroatoms. The van der Waals surface area contributed by atoms with Gasteiger partial charge in [0.15, 0.2) is 11.0 Å². The van der Waals surface area contributed by atoms with Crippen LogP contribution in [0.5, 0.6) is 0 Å². The van der Waals surface area contributed by atoms with E-state index in [9.17, 15) is 4.79 Å². The van der Waals surface area contributed by atoms with Crippen molar-refractivity contribution in [2.75, 3.05) is 5.75 Å². The number of carbonyl (C=O) groups is 1. The third kappa shape index (κ3) is 4.55. The topological polar surface area (TPSA) is 72.7 Å². The number of thiophene rings is 1. The highest BCUT2D eigenvalue weighted by atomic mass is 32.2. The summed E-state index contributed by atoms with van der Waals surface area (Å²) in [7, 11) is 0. The lowest BCUT2D eigenvalue weighted by Crippen LogP contribution is -2.30. The standard InChI is InChI=1S/C23H21N5OS2/c29-20(25-21(19-7-4-14-30-19)16-5-2-1-3-6-16)15-31-23-27-26-22(28(23)18-8-9-18)17-10-12-24-13-11-17/h1-7,10-14,18,21H,8-9,15H2,(H,25,29)/t21-/m1/s1. The Balaban J connectivity index is 1.31. The Morgan fingerprint density at radius 1 is 1.10 bits per heavy atom. The summed E-state index contributed by atoms with van der Waals surface area (Å²) in [5.74, 6) is 1.10. The lowest BCUT2D eigenvalue weighted by Gasteiger charge is -2.18. The summed E-state index contributed by atoms with van der Waals surface area (Å²) < 4.78 is 2.17. The fraction of sp³-hybridized carbons (Fsp3) is 0.217. The maximum atomic E-state index is 12.9. The molecule has 1 atom stereocenters. The fourth-order valence-electron chi connectivity index (χ4n) is 3.49. The minimum atomic E-state index is -0.150. The minimum absolute atomic E-state index is 0.0249. The summed E-state index contributed by atoms with van der Waals surface area (Å²) in [6.07, 6.45) is 5.75. The Morgan fingerprint density at radius 3 is 2.61 bits per heavy atom. The normalized spacial score (nSPS) is 14.3. The molecule has 5 rings (SSSR count). The molecule has 6 nitrogen and oxygen atoms in total. The number of hydrogen-bond acceptors (Lipinski definition) is 6. The second-order valence-corrected chi connectivity index (χ2v) is 9.28. The van der Waals surface area contributed by atoms with Crippen LogP contribution in [0.4, 0.5) is 0 Å². The van der Waals surface area contributed by atoms with Crippen molar-refractivity contribution in [3.8, 4) is 11.4 Å². The zero-order valence-electron chi connectivity index (χ0n) is 16.7. The van der Waals surface area contributed by atoms with E-state index in [2.05, 4.69) is 31.1 Å². The van der Waals surface area contributed by atoms with Gasteiger partial charge in [-0.1, -0.05) is 48.2 Å². The van der Waals surface area contributed by atoms with Gasteiger partial charge in [0.25, 0.3) is 0 Å². The van der Waals surface area contributed by atoms with Crippen molar-refractivity contribution < 1.29 is 4.79 Å². The molecule has 1 amide bonds. The number of nitrogens with one attached hydrogen (secondary N) is 1. The number of carbonyl (C=O) groups excluding carboxylic acids is 1. The van der Waals surface area contributed by atoms with Gasteiger partial charge in [0, 0.05) is 28.9 Å². The van der Waals surface area contributed by atoms with Gasteiger partial charge >= 0.3 is 0 Å². The first-order chi connectivity index (χ1) is 15.3. The molecular weight excluding hydrogens is 426 g/mol. The summed E-state index contributed by atoms with van der Waals surface area (Å²) in [4.78, 5) is 18.1. The Kier molecular flexibility index (Phi) is 5.82. The third-order valence-corrected chi connectivity index (χ3v) is 6.99. The van der Waals surface area contributed by atoms with Gasteiger partial charge in [-0.25, -0.2) is 0 Å². The first-order valence-corrected chi connectivity index (χ1v) is 12.0. The molecule has 3 heterocycles. The Bertz CT molecular complexity index is 1140. The molecule has 1 aliphatic carbocycles. The van der Waals surface area contributed by atoms with Crippen molar-refractivity contribution in [2.45, 2.75) is 30.1 Å². The molecule has 0 radical (unpaired) electrons. The van der Waals surface area contributed by atoms with Gasteiger partial charge in [-0.05, 0) is 42.0 Å². The van der Waals surface area contributed by atoms with Crippen LogP contribution < -0.4 is 5.32 Å². The van der Waals surface area contributed by atoms with E-state index in [1.165, 1.54) is 11.8 Å². The van der Waals surface area contributed by atoms with Gasteiger partial charge < -0.3 is 5.32 Å². The van der Waals surface area contributed by atoms with Gasteiger partial charge in [-0.3, -0.25) is 14.3 Å². The van der Waals surface area contributed by atoms with Crippen LogP contribution in [-0.4, -0.2) is 31.4 Å². The van der Waals surface area contributed by atoms with Crippen LogP contribution in [0.2, 0.25) is 0 Å². The zero-order valence-corrected chi connectivity index (χ0v) is 18.4. The highest BCUT2D eigenvalue weighted by Crippen LogP contribution is 2.41. The highest BCUT2D eigenvalue weighted by Gasteiger charge is 2.30. The predicted octanol–water partition coefficient (Wildman–Crippen LogP) is 4.73. The zero-order chi connectivity index (χ0) is 21.0. The highest BCUT2D eigenvalue weighted by molar-refractivity contribution is 7.99. The van der Waals surface area contributed by atoms with Crippen LogP contribution in [0, 0.1) is 0 Å². The number of benzene rings is 1.